The summed E-state index contributed by atoms with van der Waals surface area (Å²) >= 11 is 0. The molecule has 0 aliphatic heterocycles. The van der Waals surface area contributed by atoms with E-state index in [0.717, 1.165) is 4.79 Å². The summed E-state index contributed by atoms with van der Waals surface area (Å²) in [5, 5.41) is 12.5. The van der Waals surface area contributed by atoms with Crippen LogP contribution in [0, 0.1) is 10.1 Å². The van der Waals surface area contributed by atoms with Crippen molar-refractivity contribution in [1.82, 2.24) is 5.10 Å². The Kier molecular flexibility index (Phi) is 1.74. The van der Waals surface area contributed by atoms with E-state index in [9.17, 15) is 10.1 Å². The molecule has 1 heterocycles. The highest BCUT2D eigenvalue weighted by Gasteiger charge is 1.96. The molecule has 0 atom stereocenters. The van der Waals surface area contributed by atoms with Gasteiger partial charge in [0.15, 0.2) is 6.20 Å². The average molecular weight is 140 g/mol. The predicted molar refractivity (Wildman–Crippen MR) is 30.2 cm³/mol. The first-order valence-corrected chi connectivity index (χ1v) is 2.48. The molecule has 0 N–H and O–H groups in total. The lowest BCUT2D eigenvalue weighted by Crippen LogP contribution is -2.35. The molecule has 52 valence electrons. The lowest BCUT2D eigenvalue weighted by molar-refractivity contribution is -0.780. The molecule has 10 heavy (non-hydrogen) atoms. The molecule has 1 aromatic heterocycles. The molecule has 6 nitrogen and oxygen atoms in total. The van der Waals surface area contributed by atoms with Gasteiger partial charge in [-0.05, 0) is 6.20 Å². The molecular formula is C4H4N4O2. The Hall–Kier alpha value is -1.72. The van der Waals surface area contributed by atoms with Crippen molar-refractivity contribution in [2.24, 2.45) is 0 Å². The molecule has 1 rings (SSSR count). The van der Waals surface area contributed by atoms with Crippen LogP contribution in [-0.2, 0) is 0 Å². The molecular weight excluding hydrogens is 136 g/mol. The number of nitrogens with zero attached hydrogens (tertiary/aromatic N) is 4. The third kappa shape index (κ3) is 1.66. The van der Waals surface area contributed by atoms with Gasteiger partial charge in [0.25, 0.3) is 0 Å². The minimum Gasteiger partial charge on any atom is -0.247 e. The van der Waals surface area contributed by atoms with E-state index in [1.807, 2.05) is 0 Å². The molecule has 0 fully saturated rings. The average Bonchev–Trinajstić information content (AvgIpc) is 1.88. The van der Waals surface area contributed by atoms with Crippen molar-refractivity contribution in [2.45, 2.75) is 0 Å². The molecule has 0 saturated heterocycles. The first kappa shape index (κ1) is 6.40. The van der Waals surface area contributed by atoms with Crippen LogP contribution in [0.2, 0.25) is 0 Å². The summed E-state index contributed by atoms with van der Waals surface area (Å²) in [6.07, 6.45) is 2.79. The van der Waals surface area contributed by atoms with E-state index < -0.39 is 5.03 Å². The Balaban J connectivity index is 2.67. The zero-order chi connectivity index (χ0) is 7.40. The van der Waals surface area contributed by atoms with Gasteiger partial charge in [0.05, 0.1) is 0 Å². The van der Waals surface area contributed by atoms with Crippen LogP contribution in [-0.4, -0.2) is 10.1 Å². The van der Waals surface area contributed by atoms with Gasteiger partial charge in [0.2, 0.25) is 0 Å². The van der Waals surface area contributed by atoms with Crippen LogP contribution in [0.5, 0.6) is 0 Å². The molecule has 0 unspecified atom stereocenters. The van der Waals surface area contributed by atoms with E-state index in [0.29, 0.717) is 0 Å². The Morgan fingerprint density at radius 1 is 1.60 bits per heavy atom. The van der Waals surface area contributed by atoms with Gasteiger partial charge in [0, 0.05) is 6.07 Å². The minimum absolute atomic E-state index is 0.812. The normalized spacial score (nSPS) is 8.80. The molecule has 6 heteroatoms. The second-order valence-corrected chi connectivity index (χ2v) is 1.45. The van der Waals surface area contributed by atoms with Gasteiger partial charge >= 0.3 is 0 Å². The summed E-state index contributed by atoms with van der Waals surface area (Å²) in [4.78, 5) is 10.6. The fourth-order valence-corrected chi connectivity index (χ4v) is 0.449. The van der Waals surface area contributed by atoms with Gasteiger partial charge in [-0.15, -0.1) is 0 Å². The molecule has 0 spiro atoms. The van der Waals surface area contributed by atoms with Crippen LogP contribution in [0.25, 0.3) is 5.53 Å². The Morgan fingerprint density at radius 3 is 2.90 bits per heavy atom. The van der Waals surface area contributed by atoms with Crippen molar-refractivity contribution in [3.63, 3.8) is 0 Å². The molecule has 1 aromatic rings. The van der Waals surface area contributed by atoms with Crippen LogP contribution >= 0.6 is 0 Å². The van der Waals surface area contributed by atoms with Gasteiger partial charge in [-0.25, -0.2) is 10.1 Å². The zero-order valence-electron chi connectivity index (χ0n) is 4.91. The van der Waals surface area contributed by atoms with Crippen LogP contribution in [0.1, 0.15) is 0 Å². The Bertz CT molecular complexity index is 224. The third-order valence-corrected chi connectivity index (χ3v) is 0.766. The van der Waals surface area contributed by atoms with Crippen molar-refractivity contribution in [2.75, 3.05) is 0 Å². The van der Waals surface area contributed by atoms with Gasteiger partial charge in [-0.1, -0.05) is 10.9 Å². The van der Waals surface area contributed by atoms with E-state index in [2.05, 4.69) is 10.6 Å². The lowest BCUT2D eigenvalue weighted by atomic mass is 10.6. The first-order valence-electron chi connectivity index (χ1n) is 2.48. The number of hydrogen-bond acceptors (Lipinski definition) is 3. The monoisotopic (exact) mass is 140 g/mol. The topological polar surface area (TPSA) is 74.0 Å². The zero-order valence-corrected chi connectivity index (χ0v) is 4.91. The quantitative estimate of drug-likeness (QED) is 0.321. The summed E-state index contributed by atoms with van der Waals surface area (Å²) in [7, 11) is 0. The highest BCUT2D eigenvalue weighted by molar-refractivity contribution is 4.77. The van der Waals surface area contributed by atoms with E-state index in [1.54, 1.807) is 12.1 Å². The second kappa shape index (κ2) is 2.72. The fourth-order valence-electron chi connectivity index (χ4n) is 0.449. The fraction of sp³-hybridized carbons (Fsp3) is 0. The smallest absolute Gasteiger partial charge is 0.195 e. The molecule has 0 bridgehead atoms. The van der Waals surface area contributed by atoms with Gasteiger partial charge < -0.3 is 0 Å². The molecule has 0 radical (unpaired) electrons. The maximum atomic E-state index is 9.75. The Morgan fingerprint density at radius 2 is 2.40 bits per heavy atom. The minimum atomic E-state index is -0.812. The maximum Gasteiger partial charge on any atom is 0.195 e. The van der Waals surface area contributed by atoms with E-state index in [-0.39, 0.29) is 0 Å². The highest BCUT2D eigenvalue weighted by atomic mass is 16.7. The van der Waals surface area contributed by atoms with Crippen molar-refractivity contribution < 1.29 is 9.82 Å². The SMILES string of the molecule is O=[N+]([O-])[N-][n+]1ccccn1. The number of nitro groups is 1. The second-order valence-electron chi connectivity index (χ2n) is 1.45. The van der Waals surface area contributed by atoms with E-state index in [4.69, 9.17) is 0 Å². The molecule has 0 aliphatic rings. The van der Waals surface area contributed by atoms with Crippen LogP contribution < -0.4 is 4.79 Å². The maximum absolute atomic E-state index is 9.75. The van der Waals surface area contributed by atoms with Crippen molar-refractivity contribution >= 4 is 0 Å². The van der Waals surface area contributed by atoms with Crippen LogP contribution in [0.15, 0.2) is 24.5 Å². The Labute approximate surface area is 56.2 Å². The first-order chi connectivity index (χ1) is 4.79. The summed E-state index contributed by atoms with van der Waals surface area (Å²) in [6, 6.07) is 3.24. The number of rotatable bonds is 2. The largest absolute Gasteiger partial charge is 0.247 e. The van der Waals surface area contributed by atoms with Gasteiger partial charge in [0.1, 0.15) is 10.6 Å². The summed E-state index contributed by atoms with van der Waals surface area (Å²) in [6.45, 7) is 0. The molecule has 0 aromatic carbocycles. The van der Waals surface area contributed by atoms with Crippen LogP contribution in [0.3, 0.4) is 0 Å². The molecule has 0 amide bonds. The van der Waals surface area contributed by atoms with Gasteiger partial charge in [-0.2, -0.15) is 5.10 Å². The number of hydrogen-bond donors (Lipinski definition) is 0. The molecule has 0 aliphatic carbocycles. The van der Waals surface area contributed by atoms with E-state index in [1.165, 1.54) is 12.4 Å². The van der Waals surface area contributed by atoms with Crippen LogP contribution in [0.4, 0.5) is 0 Å². The summed E-state index contributed by atoms with van der Waals surface area (Å²) in [5.41, 5.74) is 2.89. The summed E-state index contributed by atoms with van der Waals surface area (Å²) in [5.74, 6) is 0. The van der Waals surface area contributed by atoms with E-state index >= 15 is 0 Å². The van der Waals surface area contributed by atoms with Crippen molar-refractivity contribution in [1.29, 1.82) is 0 Å². The van der Waals surface area contributed by atoms with Gasteiger partial charge in [-0.3, -0.25) is 0 Å². The van der Waals surface area contributed by atoms with Crippen molar-refractivity contribution in [3.8, 4) is 0 Å². The lowest BCUT2D eigenvalue weighted by Gasteiger charge is -1.91. The highest BCUT2D eigenvalue weighted by Crippen LogP contribution is 1.77. The number of aromatic nitrogens is 2. The standard InChI is InChI=1S/C4H4N4O2/c9-8(10)6-7-4-2-1-3-5-7/h1-4H. The third-order valence-electron chi connectivity index (χ3n) is 0.766. The van der Waals surface area contributed by atoms with Crippen molar-refractivity contribution in [3.05, 3.63) is 40.2 Å². The predicted octanol–water partition coefficient (Wildman–Crippen LogP) is -0.302. The summed E-state index contributed by atoms with van der Waals surface area (Å²) < 4.78 is 0. The molecule has 0 saturated carbocycles.